The second-order valence-electron chi connectivity index (χ2n) is 5.97. The predicted octanol–water partition coefficient (Wildman–Crippen LogP) is 4.45. The van der Waals surface area contributed by atoms with Crippen LogP contribution in [-0.4, -0.2) is 36.2 Å². The van der Waals surface area contributed by atoms with Crippen LogP contribution in [0.2, 0.25) is 5.02 Å². The highest BCUT2D eigenvalue weighted by Gasteiger charge is 2.20. The van der Waals surface area contributed by atoms with Gasteiger partial charge >= 0.3 is 6.09 Å². The number of amides is 1. The van der Waals surface area contributed by atoms with Crippen LogP contribution >= 0.6 is 27.5 Å². The summed E-state index contributed by atoms with van der Waals surface area (Å²) in [6, 6.07) is 5.71. The zero-order valence-corrected chi connectivity index (χ0v) is 15.9. The number of hydrogen-bond donors (Lipinski definition) is 1. The van der Waals surface area contributed by atoms with E-state index in [1.54, 1.807) is 4.90 Å². The summed E-state index contributed by atoms with van der Waals surface area (Å²) in [6.07, 6.45) is -0.274. The van der Waals surface area contributed by atoms with Gasteiger partial charge in [0.15, 0.2) is 0 Å². The topological polar surface area (TPSA) is 41.6 Å². The van der Waals surface area contributed by atoms with Crippen LogP contribution in [0.15, 0.2) is 22.7 Å². The summed E-state index contributed by atoms with van der Waals surface area (Å²) in [7, 11) is 0. The molecule has 0 bridgehead atoms. The number of nitrogens with zero attached hydrogens (tertiary/aromatic N) is 1. The predicted molar refractivity (Wildman–Crippen MR) is 94.3 cm³/mol. The van der Waals surface area contributed by atoms with Gasteiger partial charge in [-0.1, -0.05) is 33.6 Å². The van der Waals surface area contributed by atoms with Crippen molar-refractivity contribution in [3.05, 3.63) is 33.3 Å². The molecule has 0 atom stereocenters. The molecule has 0 saturated heterocycles. The van der Waals surface area contributed by atoms with Gasteiger partial charge in [0.1, 0.15) is 5.60 Å². The molecule has 1 N–H and O–H groups in total. The Morgan fingerprint density at radius 2 is 2.09 bits per heavy atom. The van der Waals surface area contributed by atoms with Crippen LogP contribution < -0.4 is 5.32 Å². The highest BCUT2D eigenvalue weighted by atomic mass is 79.9. The number of likely N-dealkylation sites (N-methyl/N-ethyl adjacent to an activating group) is 1. The van der Waals surface area contributed by atoms with Gasteiger partial charge in [-0.2, -0.15) is 0 Å². The molecule has 0 aliphatic carbocycles. The van der Waals surface area contributed by atoms with Gasteiger partial charge in [0.25, 0.3) is 0 Å². The molecule has 0 aliphatic rings. The maximum absolute atomic E-state index is 12.0. The number of benzene rings is 1. The van der Waals surface area contributed by atoms with Gasteiger partial charge in [0.2, 0.25) is 0 Å². The van der Waals surface area contributed by atoms with Gasteiger partial charge in [0, 0.05) is 35.7 Å². The Hall–Kier alpha value is -0.780. The largest absolute Gasteiger partial charge is 0.444 e. The molecule has 6 heteroatoms. The fourth-order valence-electron chi connectivity index (χ4n) is 1.81. The SMILES string of the molecule is CCN(CCNCc1ccc(Cl)cc1Br)C(=O)OC(C)(C)C. The molecule has 0 unspecified atom stereocenters. The maximum Gasteiger partial charge on any atom is 0.410 e. The van der Waals surface area contributed by atoms with Crippen LogP contribution in [-0.2, 0) is 11.3 Å². The molecular formula is C16H24BrClN2O2. The van der Waals surface area contributed by atoms with E-state index in [-0.39, 0.29) is 6.09 Å². The molecule has 1 aromatic rings. The quantitative estimate of drug-likeness (QED) is 0.728. The van der Waals surface area contributed by atoms with Crippen LogP contribution in [0.4, 0.5) is 4.79 Å². The smallest absolute Gasteiger partial charge is 0.410 e. The monoisotopic (exact) mass is 390 g/mol. The molecule has 0 spiro atoms. The summed E-state index contributed by atoms with van der Waals surface area (Å²) >= 11 is 9.41. The van der Waals surface area contributed by atoms with Crippen LogP contribution in [0.3, 0.4) is 0 Å². The van der Waals surface area contributed by atoms with Crippen molar-refractivity contribution in [1.82, 2.24) is 10.2 Å². The molecule has 1 aromatic carbocycles. The number of halogens is 2. The number of ether oxygens (including phenoxy) is 1. The zero-order chi connectivity index (χ0) is 16.8. The summed E-state index contributed by atoms with van der Waals surface area (Å²) in [4.78, 5) is 13.7. The molecule has 0 fully saturated rings. The van der Waals surface area contributed by atoms with E-state index in [1.807, 2.05) is 45.9 Å². The van der Waals surface area contributed by atoms with Crippen molar-refractivity contribution in [1.29, 1.82) is 0 Å². The van der Waals surface area contributed by atoms with E-state index in [1.165, 1.54) is 0 Å². The minimum Gasteiger partial charge on any atom is -0.444 e. The first-order valence-corrected chi connectivity index (χ1v) is 8.52. The van der Waals surface area contributed by atoms with Gasteiger partial charge in [-0.3, -0.25) is 0 Å². The van der Waals surface area contributed by atoms with E-state index in [0.717, 1.165) is 10.0 Å². The highest BCUT2D eigenvalue weighted by molar-refractivity contribution is 9.10. The molecular weight excluding hydrogens is 368 g/mol. The summed E-state index contributed by atoms with van der Waals surface area (Å²) in [6.45, 7) is 10.2. The highest BCUT2D eigenvalue weighted by Crippen LogP contribution is 2.21. The Labute approximate surface area is 146 Å². The lowest BCUT2D eigenvalue weighted by atomic mass is 10.2. The van der Waals surface area contributed by atoms with Crippen LogP contribution in [0.25, 0.3) is 0 Å². The van der Waals surface area contributed by atoms with Crippen LogP contribution in [0, 0.1) is 0 Å². The zero-order valence-electron chi connectivity index (χ0n) is 13.6. The third kappa shape index (κ3) is 6.99. The van der Waals surface area contributed by atoms with E-state index in [9.17, 15) is 4.79 Å². The second-order valence-corrected chi connectivity index (χ2v) is 7.26. The Balaban J connectivity index is 2.40. The molecule has 4 nitrogen and oxygen atoms in total. The molecule has 0 heterocycles. The molecule has 0 saturated carbocycles. The Bertz CT molecular complexity index is 503. The fraction of sp³-hybridized carbons (Fsp3) is 0.562. The lowest BCUT2D eigenvalue weighted by molar-refractivity contribution is 0.0262. The number of carbonyl (C=O) groups excluding carboxylic acids is 1. The fourth-order valence-corrected chi connectivity index (χ4v) is 2.63. The van der Waals surface area contributed by atoms with Gasteiger partial charge in [-0.25, -0.2) is 4.79 Å². The Morgan fingerprint density at radius 1 is 1.41 bits per heavy atom. The van der Waals surface area contributed by atoms with Crippen molar-refractivity contribution in [3.8, 4) is 0 Å². The third-order valence-electron chi connectivity index (χ3n) is 2.92. The van der Waals surface area contributed by atoms with E-state index < -0.39 is 5.60 Å². The van der Waals surface area contributed by atoms with Crippen molar-refractivity contribution < 1.29 is 9.53 Å². The first kappa shape index (κ1) is 19.3. The lowest BCUT2D eigenvalue weighted by Gasteiger charge is -2.26. The first-order chi connectivity index (χ1) is 10.2. The van der Waals surface area contributed by atoms with Gasteiger partial charge in [-0.15, -0.1) is 0 Å². The van der Waals surface area contributed by atoms with Crippen molar-refractivity contribution in [2.24, 2.45) is 0 Å². The van der Waals surface area contributed by atoms with Gasteiger partial charge in [-0.05, 0) is 45.4 Å². The molecule has 0 aliphatic heterocycles. The number of hydrogen-bond acceptors (Lipinski definition) is 3. The second kappa shape index (κ2) is 8.75. The summed E-state index contributed by atoms with van der Waals surface area (Å²) < 4.78 is 6.35. The molecule has 1 rings (SSSR count). The van der Waals surface area contributed by atoms with E-state index >= 15 is 0 Å². The van der Waals surface area contributed by atoms with E-state index in [4.69, 9.17) is 16.3 Å². The normalized spacial score (nSPS) is 11.4. The summed E-state index contributed by atoms with van der Waals surface area (Å²) in [5.41, 5.74) is 0.663. The molecule has 22 heavy (non-hydrogen) atoms. The van der Waals surface area contributed by atoms with Crippen LogP contribution in [0.5, 0.6) is 0 Å². The third-order valence-corrected chi connectivity index (χ3v) is 3.90. The van der Waals surface area contributed by atoms with Gasteiger partial charge in [0.05, 0.1) is 0 Å². The lowest BCUT2D eigenvalue weighted by Crippen LogP contribution is -2.40. The number of nitrogens with one attached hydrogen (secondary N) is 1. The summed E-state index contributed by atoms with van der Waals surface area (Å²) in [5, 5.41) is 4.03. The molecule has 124 valence electrons. The van der Waals surface area contributed by atoms with Crippen LogP contribution in [0.1, 0.15) is 33.3 Å². The van der Waals surface area contributed by atoms with Crippen molar-refractivity contribution in [2.45, 2.75) is 39.8 Å². The van der Waals surface area contributed by atoms with Crippen molar-refractivity contribution in [2.75, 3.05) is 19.6 Å². The van der Waals surface area contributed by atoms with E-state index in [2.05, 4.69) is 21.2 Å². The maximum atomic E-state index is 12.0. The molecule has 1 amide bonds. The minimum absolute atomic E-state index is 0.274. The average Bonchev–Trinajstić information content (AvgIpc) is 2.38. The Morgan fingerprint density at radius 3 is 2.64 bits per heavy atom. The van der Waals surface area contributed by atoms with E-state index in [0.29, 0.717) is 31.2 Å². The number of carbonyl (C=O) groups is 1. The molecule has 0 radical (unpaired) electrons. The molecule has 0 aromatic heterocycles. The van der Waals surface area contributed by atoms with Gasteiger partial charge < -0.3 is 15.0 Å². The first-order valence-electron chi connectivity index (χ1n) is 7.35. The Kier molecular flexibility index (Phi) is 7.66. The summed E-state index contributed by atoms with van der Waals surface area (Å²) in [5.74, 6) is 0. The number of rotatable bonds is 6. The van der Waals surface area contributed by atoms with Crippen molar-refractivity contribution in [3.63, 3.8) is 0 Å². The van der Waals surface area contributed by atoms with Crippen molar-refractivity contribution >= 4 is 33.6 Å². The average molecular weight is 392 g/mol. The minimum atomic E-state index is -0.466. The standard InChI is InChI=1S/C16H24BrClN2O2/c1-5-20(15(21)22-16(2,3)4)9-8-19-11-12-6-7-13(18)10-14(12)17/h6-7,10,19H,5,8-9,11H2,1-4H3.